The molecule has 3 atom stereocenters. The van der Waals surface area contributed by atoms with Gasteiger partial charge in [0, 0.05) is 24.6 Å². The van der Waals surface area contributed by atoms with E-state index in [-0.39, 0.29) is 37.2 Å². The van der Waals surface area contributed by atoms with Crippen molar-refractivity contribution < 1.29 is 19.1 Å². The topological polar surface area (TPSA) is 84.5 Å². The molecule has 1 aromatic carbocycles. The summed E-state index contributed by atoms with van der Waals surface area (Å²) in [5, 5.41) is 8.25. The quantitative estimate of drug-likeness (QED) is 0.555. The molecule has 0 saturated carbocycles. The molecule has 2 heterocycles. The molecule has 0 fully saturated rings. The summed E-state index contributed by atoms with van der Waals surface area (Å²) >= 11 is 1.72. The molecular weight excluding hydrogens is 400 g/mol. The van der Waals surface area contributed by atoms with Crippen LogP contribution >= 0.6 is 11.8 Å². The van der Waals surface area contributed by atoms with E-state index in [0.29, 0.717) is 24.6 Å². The van der Waals surface area contributed by atoms with E-state index in [9.17, 15) is 14.4 Å². The lowest BCUT2D eigenvalue weighted by atomic mass is 9.98. The number of nitrogens with one attached hydrogen (secondary N) is 2. The van der Waals surface area contributed by atoms with Crippen molar-refractivity contribution in [3.63, 3.8) is 0 Å². The average molecular weight is 429 g/mol. The fourth-order valence-corrected chi connectivity index (χ4v) is 4.24. The van der Waals surface area contributed by atoms with E-state index in [4.69, 9.17) is 4.74 Å². The third-order valence-electron chi connectivity index (χ3n) is 5.10. The number of cyclic esters (lactones) is 1. The van der Waals surface area contributed by atoms with Gasteiger partial charge in [0.15, 0.2) is 0 Å². The third kappa shape index (κ3) is 7.06. The minimum atomic E-state index is -0.549. The second-order valence-electron chi connectivity index (χ2n) is 7.45. The van der Waals surface area contributed by atoms with Crippen molar-refractivity contribution in [3.8, 4) is 0 Å². The van der Waals surface area contributed by atoms with Gasteiger partial charge in [-0.25, -0.2) is 0 Å². The highest BCUT2D eigenvalue weighted by atomic mass is 32.2. The molecule has 7 heteroatoms. The number of thioether (sulfide) groups is 1. The molecule has 1 aromatic rings. The van der Waals surface area contributed by atoms with Crippen LogP contribution in [0.2, 0.25) is 0 Å². The summed E-state index contributed by atoms with van der Waals surface area (Å²) in [4.78, 5) is 37.3. The van der Waals surface area contributed by atoms with Gasteiger partial charge >= 0.3 is 5.97 Å². The van der Waals surface area contributed by atoms with Gasteiger partial charge in [0.1, 0.15) is 6.10 Å². The average Bonchev–Trinajstić information content (AvgIpc) is 3.27. The Morgan fingerprint density at radius 2 is 1.97 bits per heavy atom. The summed E-state index contributed by atoms with van der Waals surface area (Å²) in [7, 11) is 0. The summed E-state index contributed by atoms with van der Waals surface area (Å²) in [5.74, 6) is -1.07. The van der Waals surface area contributed by atoms with Crippen LogP contribution in [0.15, 0.2) is 54.0 Å². The van der Waals surface area contributed by atoms with E-state index < -0.39 is 12.0 Å². The van der Waals surface area contributed by atoms with E-state index in [1.807, 2.05) is 42.5 Å². The Kier molecular flexibility index (Phi) is 8.56. The first-order valence-corrected chi connectivity index (χ1v) is 11.3. The molecule has 3 unspecified atom stereocenters. The van der Waals surface area contributed by atoms with Crippen LogP contribution in [0.1, 0.15) is 43.8 Å². The minimum Gasteiger partial charge on any atom is -0.456 e. The van der Waals surface area contributed by atoms with E-state index in [2.05, 4.69) is 22.1 Å². The lowest BCUT2D eigenvalue weighted by Crippen LogP contribution is -2.38. The molecule has 2 N–H and O–H groups in total. The molecular formula is C23H28N2O4S. The van der Waals surface area contributed by atoms with E-state index in [1.54, 1.807) is 11.8 Å². The van der Waals surface area contributed by atoms with Crippen LogP contribution < -0.4 is 10.6 Å². The zero-order chi connectivity index (χ0) is 21.2. The molecule has 3 rings (SSSR count). The van der Waals surface area contributed by atoms with Crippen LogP contribution in [-0.4, -0.2) is 36.1 Å². The standard InChI is InChI=1S/C23H28N2O4S/c26-21(24-15-19-11-7-13-30-19)14-18-10-5-2-6-12-22(27)29-20(16-25-23(18)28)17-8-3-1-4-9-17/h1-5,7-9,13,18-20H,6,10-12,14-16H2,(H,24,26)(H,25,28)/b5-2+. The van der Waals surface area contributed by atoms with Gasteiger partial charge in [-0.2, -0.15) is 0 Å². The maximum Gasteiger partial charge on any atom is 0.306 e. The number of amides is 2. The van der Waals surface area contributed by atoms with Gasteiger partial charge in [0.2, 0.25) is 11.8 Å². The van der Waals surface area contributed by atoms with Gasteiger partial charge in [-0.05, 0) is 30.2 Å². The van der Waals surface area contributed by atoms with Crippen molar-refractivity contribution >= 4 is 29.5 Å². The lowest BCUT2D eigenvalue weighted by Gasteiger charge is -2.22. The Morgan fingerprint density at radius 1 is 1.13 bits per heavy atom. The number of hydrogen-bond donors (Lipinski definition) is 2. The number of benzene rings is 1. The molecule has 0 aliphatic carbocycles. The fourth-order valence-electron chi connectivity index (χ4n) is 3.40. The van der Waals surface area contributed by atoms with Crippen LogP contribution in [0.5, 0.6) is 0 Å². The monoisotopic (exact) mass is 428 g/mol. The molecule has 0 saturated heterocycles. The number of hydrogen-bond acceptors (Lipinski definition) is 5. The predicted molar refractivity (Wildman–Crippen MR) is 118 cm³/mol. The van der Waals surface area contributed by atoms with Crippen molar-refractivity contribution in [1.82, 2.24) is 10.6 Å². The van der Waals surface area contributed by atoms with Gasteiger partial charge < -0.3 is 15.4 Å². The van der Waals surface area contributed by atoms with Crippen LogP contribution in [0.3, 0.4) is 0 Å². The van der Waals surface area contributed by atoms with Gasteiger partial charge in [-0.15, -0.1) is 11.8 Å². The zero-order valence-electron chi connectivity index (χ0n) is 16.9. The van der Waals surface area contributed by atoms with Crippen LogP contribution in [0.25, 0.3) is 0 Å². The highest BCUT2D eigenvalue weighted by molar-refractivity contribution is 8.03. The van der Waals surface area contributed by atoms with E-state index >= 15 is 0 Å². The minimum absolute atomic E-state index is 0.116. The largest absolute Gasteiger partial charge is 0.456 e. The second-order valence-corrected chi connectivity index (χ2v) is 8.66. The van der Waals surface area contributed by atoms with Gasteiger partial charge in [0.25, 0.3) is 0 Å². The van der Waals surface area contributed by atoms with E-state index in [1.165, 1.54) is 0 Å². The Bertz CT molecular complexity index is 786. The lowest BCUT2D eigenvalue weighted by molar-refractivity contribution is -0.150. The fraction of sp³-hybridized carbons (Fsp3) is 0.435. The Balaban J connectivity index is 1.61. The molecule has 30 heavy (non-hydrogen) atoms. The van der Waals surface area contributed by atoms with Crippen molar-refractivity contribution in [2.75, 3.05) is 13.1 Å². The molecule has 0 bridgehead atoms. The van der Waals surface area contributed by atoms with Crippen molar-refractivity contribution in [2.45, 2.75) is 43.5 Å². The molecule has 0 radical (unpaired) electrons. The smallest absolute Gasteiger partial charge is 0.306 e. The highest BCUT2D eigenvalue weighted by Crippen LogP contribution is 2.23. The number of carbonyl (C=O) groups excluding carboxylic acids is 3. The SMILES string of the molecule is O=C(CC1C/C=C/CCC(=O)OC(c2ccccc2)CNC1=O)NCC1CC=CS1. The van der Waals surface area contributed by atoms with Crippen molar-refractivity contribution in [1.29, 1.82) is 0 Å². The normalized spacial score (nSPS) is 26.1. The van der Waals surface area contributed by atoms with Crippen LogP contribution in [0.4, 0.5) is 0 Å². The van der Waals surface area contributed by atoms with Gasteiger partial charge in [-0.3, -0.25) is 14.4 Å². The molecule has 2 aliphatic heterocycles. The maximum absolute atomic E-state index is 12.8. The summed E-state index contributed by atoms with van der Waals surface area (Å²) in [6.45, 7) is 0.785. The van der Waals surface area contributed by atoms with Gasteiger partial charge in [-0.1, -0.05) is 48.6 Å². The summed E-state index contributed by atoms with van der Waals surface area (Å²) < 4.78 is 5.59. The third-order valence-corrected chi connectivity index (χ3v) is 6.20. The summed E-state index contributed by atoms with van der Waals surface area (Å²) in [6, 6.07) is 9.37. The summed E-state index contributed by atoms with van der Waals surface area (Å²) in [5.41, 5.74) is 0.829. The first kappa shape index (κ1) is 22.2. The number of rotatable bonds is 5. The number of carbonyl (C=O) groups is 3. The maximum atomic E-state index is 12.8. The highest BCUT2D eigenvalue weighted by Gasteiger charge is 2.24. The van der Waals surface area contributed by atoms with Crippen LogP contribution in [0, 0.1) is 5.92 Å². The van der Waals surface area contributed by atoms with E-state index in [0.717, 1.165) is 12.0 Å². The Morgan fingerprint density at radius 3 is 2.73 bits per heavy atom. The zero-order valence-corrected chi connectivity index (χ0v) is 17.7. The van der Waals surface area contributed by atoms with Crippen molar-refractivity contribution in [3.05, 3.63) is 59.5 Å². The molecule has 2 amide bonds. The molecule has 160 valence electrons. The second kappa shape index (κ2) is 11.6. The molecule has 0 spiro atoms. The molecule has 6 nitrogen and oxygen atoms in total. The number of ether oxygens (including phenoxy) is 1. The predicted octanol–water partition coefficient (Wildman–Crippen LogP) is 3.27. The summed E-state index contributed by atoms with van der Waals surface area (Å²) in [6.07, 6.45) is 7.68. The number of esters is 1. The Hall–Kier alpha value is -2.54. The first-order valence-electron chi connectivity index (χ1n) is 10.4. The Labute approximate surface area is 181 Å². The van der Waals surface area contributed by atoms with Crippen molar-refractivity contribution in [2.24, 2.45) is 5.92 Å². The molecule has 0 aromatic heterocycles. The molecule has 2 aliphatic rings. The van der Waals surface area contributed by atoms with Gasteiger partial charge in [0.05, 0.1) is 12.5 Å². The number of allylic oxidation sites excluding steroid dienone is 3. The van der Waals surface area contributed by atoms with Crippen LogP contribution in [-0.2, 0) is 19.1 Å². The first-order chi connectivity index (χ1) is 14.6.